The molecule has 1 N–H and O–H groups in total. The van der Waals surface area contributed by atoms with E-state index in [0.717, 1.165) is 4.90 Å². The van der Waals surface area contributed by atoms with Crippen LogP contribution in [0.15, 0.2) is 39.9 Å². The summed E-state index contributed by atoms with van der Waals surface area (Å²) in [5.41, 5.74) is 0.585. The molecule has 1 aliphatic rings. The largest absolute Gasteiger partial charge is 0.349 e. The SMILES string of the molecule is CSc1ccc([N+](=O)[O-])c(C(=O)N2CCC(NC(=O)c3ccsc3)CC2)c1. The minimum atomic E-state index is -0.523. The predicted octanol–water partition coefficient (Wildman–Crippen LogP) is 3.41. The Balaban J connectivity index is 1.65. The van der Waals surface area contributed by atoms with Crippen LogP contribution < -0.4 is 5.32 Å². The second-order valence-electron chi connectivity index (χ2n) is 6.19. The smallest absolute Gasteiger partial charge is 0.282 e. The van der Waals surface area contributed by atoms with E-state index in [-0.39, 0.29) is 29.1 Å². The Labute approximate surface area is 164 Å². The molecule has 1 saturated heterocycles. The van der Waals surface area contributed by atoms with Gasteiger partial charge < -0.3 is 10.2 Å². The van der Waals surface area contributed by atoms with Crippen LogP contribution in [0.3, 0.4) is 0 Å². The third-order valence-corrected chi connectivity index (χ3v) is 5.94. The number of benzene rings is 1. The number of likely N-dealkylation sites (tertiary alicyclic amines) is 1. The molecule has 1 aliphatic heterocycles. The number of thioether (sulfide) groups is 1. The van der Waals surface area contributed by atoms with Gasteiger partial charge in [0, 0.05) is 41.0 Å². The molecule has 0 atom stereocenters. The van der Waals surface area contributed by atoms with Crippen LogP contribution in [0.4, 0.5) is 5.69 Å². The second kappa shape index (κ2) is 8.53. The van der Waals surface area contributed by atoms with Crippen molar-refractivity contribution < 1.29 is 14.5 Å². The van der Waals surface area contributed by atoms with Gasteiger partial charge in [0.25, 0.3) is 17.5 Å². The van der Waals surface area contributed by atoms with Gasteiger partial charge in [-0.1, -0.05) is 0 Å². The molecule has 2 aromatic rings. The van der Waals surface area contributed by atoms with E-state index in [1.807, 2.05) is 11.6 Å². The van der Waals surface area contributed by atoms with Crippen LogP contribution in [0.5, 0.6) is 0 Å². The summed E-state index contributed by atoms with van der Waals surface area (Å²) in [6, 6.07) is 6.37. The molecule has 1 fully saturated rings. The van der Waals surface area contributed by atoms with Crippen molar-refractivity contribution in [3.8, 4) is 0 Å². The van der Waals surface area contributed by atoms with Crippen molar-refractivity contribution in [2.75, 3.05) is 19.3 Å². The molecular formula is C18H19N3O4S2. The molecule has 0 aliphatic carbocycles. The summed E-state index contributed by atoms with van der Waals surface area (Å²) < 4.78 is 0. The Hall–Kier alpha value is -2.39. The molecule has 7 nitrogen and oxygen atoms in total. The van der Waals surface area contributed by atoms with Gasteiger partial charge in [0.2, 0.25) is 0 Å². The number of carbonyl (C=O) groups is 2. The Morgan fingerprint density at radius 1 is 1.30 bits per heavy atom. The Morgan fingerprint density at radius 2 is 2.04 bits per heavy atom. The third kappa shape index (κ3) is 4.48. The molecule has 142 valence electrons. The monoisotopic (exact) mass is 405 g/mol. The molecule has 0 saturated carbocycles. The number of hydrogen-bond donors (Lipinski definition) is 1. The first-order valence-corrected chi connectivity index (χ1v) is 10.6. The number of nitrogens with zero attached hydrogens (tertiary/aromatic N) is 2. The fraction of sp³-hybridized carbons (Fsp3) is 0.333. The summed E-state index contributed by atoms with van der Waals surface area (Å²) in [5, 5.41) is 17.9. The summed E-state index contributed by atoms with van der Waals surface area (Å²) >= 11 is 2.90. The molecule has 0 unspecified atom stereocenters. The maximum atomic E-state index is 12.8. The van der Waals surface area contributed by atoms with Crippen molar-refractivity contribution >= 4 is 40.6 Å². The van der Waals surface area contributed by atoms with Crippen LogP contribution in [0.2, 0.25) is 0 Å². The lowest BCUT2D eigenvalue weighted by Gasteiger charge is -2.32. The van der Waals surface area contributed by atoms with Gasteiger partial charge in [-0.2, -0.15) is 11.3 Å². The van der Waals surface area contributed by atoms with Crippen molar-refractivity contribution in [3.05, 3.63) is 56.3 Å². The number of hydrogen-bond acceptors (Lipinski definition) is 6. The van der Waals surface area contributed by atoms with Gasteiger partial charge in [-0.3, -0.25) is 19.7 Å². The lowest BCUT2D eigenvalue weighted by molar-refractivity contribution is -0.385. The topological polar surface area (TPSA) is 92.6 Å². The van der Waals surface area contributed by atoms with Crippen LogP contribution in [0.1, 0.15) is 33.6 Å². The lowest BCUT2D eigenvalue weighted by Crippen LogP contribution is -2.46. The quantitative estimate of drug-likeness (QED) is 0.467. The van der Waals surface area contributed by atoms with Crippen molar-refractivity contribution in [3.63, 3.8) is 0 Å². The maximum Gasteiger partial charge on any atom is 0.282 e. The summed E-state index contributed by atoms with van der Waals surface area (Å²) in [4.78, 5) is 38.2. The summed E-state index contributed by atoms with van der Waals surface area (Å²) in [5.74, 6) is -0.440. The number of thiophene rings is 1. The zero-order valence-electron chi connectivity index (χ0n) is 14.7. The van der Waals surface area contributed by atoms with Gasteiger partial charge >= 0.3 is 0 Å². The van der Waals surface area contributed by atoms with Crippen molar-refractivity contribution in [2.24, 2.45) is 0 Å². The first-order valence-electron chi connectivity index (χ1n) is 8.44. The highest BCUT2D eigenvalue weighted by Crippen LogP contribution is 2.27. The van der Waals surface area contributed by atoms with Crippen LogP contribution >= 0.6 is 23.1 Å². The van der Waals surface area contributed by atoms with Crippen molar-refractivity contribution in [1.82, 2.24) is 10.2 Å². The first-order chi connectivity index (χ1) is 13.0. The van der Waals surface area contributed by atoms with Gasteiger partial charge in [-0.25, -0.2) is 0 Å². The van der Waals surface area contributed by atoms with E-state index in [4.69, 9.17) is 0 Å². The van der Waals surface area contributed by atoms with E-state index >= 15 is 0 Å². The van der Waals surface area contributed by atoms with E-state index in [2.05, 4.69) is 5.32 Å². The molecule has 9 heteroatoms. The first kappa shape index (κ1) is 19.4. The zero-order valence-corrected chi connectivity index (χ0v) is 16.3. The molecule has 2 heterocycles. The van der Waals surface area contributed by atoms with E-state index < -0.39 is 4.92 Å². The Kier molecular flexibility index (Phi) is 6.12. The van der Waals surface area contributed by atoms with E-state index in [1.54, 1.807) is 28.5 Å². The molecule has 0 spiro atoms. The number of nitro benzene ring substituents is 1. The molecule has 2 amide bonds. The number of piperidine rings is 1. The average Bonchev–Trinajstić information content (AvgIpc) is 3.22. The van der Waals surface area contributed by atoms with Gasteiger partial charge in [0.1, 0.15) is 5.56 Å². The van der Waals surface area contributed by atoms with Gasteiger partial charge in [-0.05, 0) is 42.7 Å². The van der Waals surface area contributed by atoms with E-state index in [0.29, 0.717) is 31.5 Å². The van der Waals surface area contributed by atoms with Gasteiger partial charge in [-0.15, -0.1) is 11.8 Å². The number of nitro groups is 1. The van der Waals surface area contributed by atoms with Crippen molar-refractivity contribution in [1.29, 1.82) is 0 Å². The lowest BCUT2D eigenvalue weighted by atomic mass is 10.0. The number of rotatable bonds is 5. The highest BCUT2D eigenvalue weighted by Gasteiger charge is 2.29. The van der Waals surface area contributed by atoms with Crippen LogP contribution in [-0.4, -0.2) is 47.0 Å². The number of amides is 2. The normalized spacial score (nSPS) is 14.8. The fourth-order valence-corrected chi connectivity index (χ4v) is 4.11. The number of nitrogens with one attached hydrogen (secondary N) is 1. The average molecular weight is 406 g/mol. The number of carbonyl (C=O) groups excluding carboxylic acids is 2. The Morgan fingerprint density at radius 3 is 2.63 bits per heavy atom. The molecule has 27 heavy (non-hydrogen) atoms. The molecule has 1 aromatic carbocycles. The maximum absolute atomic E-state index is 12.8. The fourth-order valence-electron chi connectivity index (χ4n) is 3.03. The second-order valence-corrected chi connectivity index (χ2v) is 7.85. The minimum Gasteiger partial charge on any atom is -0.349 e. The molecule has 3 rings (SSSR count). The van der Waals surface area contributed by atoms with Crippen LogP contribution in [0.25, 0.3) is 0 Å². The minimum absolute atomic E-state index is 0.00559. The summed E-state index contributed by atoms with van der Waals surface area (Å²) in [7, 11) is 0. The zero-order chi connectivity index (χ0) is 19.4. The van der Waals surface area contributed by atoms with Crippen LogP contribution in [0, 0.1) is 10.1 Å². The highest BCUT2D eigenvalue weighted by molar-refractivity contribution is 7.98. The summed E-state index contributed by atoms with van der Waals surface area (Å²) in [6.07, 6.45) is 3.10. The van der Waals surface area contributed by atoms with E-state index in [9.17, 15) is 19.7 Å². The van der Waals surface area contributed by atoms with E-state index in [1.165, 1.54) is 29.2 Å². The molecule has 1 aromatic heterocycles. The molecule has 0 bridgehead atoms. The predicted molar refractivity (Wildman–Crippen MR) is 106 cm³/mol. The van der Waals surface area contributed by atoms with Gasteiger partial charge in [0.15, 0.2) is 0 Å². The Bertz CT molecular complexity index is 846. The van der Waals surface area contributed by atoms with Crippen LogP contribution in [-0.2, 0) is 0 Å². The molecular weight excluding hydrogens is 386 g/mol. The standard InChI is InChI=1S/C18H19N3O4S2/c1-26-14-2-3-16(21(24)25)15(10-14)18(23)20-7-4-13(5-8-20)19-17(22)12-6-9-27-11-12/h2-3,6,9-11,13H,4-5,7-8H2,1H3,(H,19,22). The third-order valence-electron chi connectivity index (χ3n) is 4.53. The molecule has 0 radical (unpaired) electrons. The van der Waals surface area contributed by atoms with Crippen molar-refractivity contribution in [2.45, 2.75) is 23.8 Å². The summed E-state index contributed by atoms with van der Waals surface area (Å²) in [6.45, 7) is 0.905. The highest BCUT2D eigenvalue weighted by atomic mass is 32.2. The van der Waals surface area contributed by atoms with Gasteiger partial charge in [0.05, 0.1) is 4.92 Å².